The zero-order valence-electron chi connectivity index (χ0n) is 14.0. The Morgan fingerprint density at radius 3 is 2.00 bits per heavy atom. The van der Waals surface area contributed by atoms with Crippen molar-refractivity contribution in [2.75, 3.05) is 26.6 Å². The highest BCUT2D eigenvalue weighted by Gasteiger charge is 2.31. The lowest BCUT2D eigenvalue weighted by Gasteiger charge is -2.15. The molecule has 0 saturated heterocycles. The molecule has 1 amide bonds. The van der Waals surface area contributed by atoms with Crippen LogP contribution in [-0.4, -0.2) is 27.2 Å². The van der Waals surface area contributed by atoms with Crippen molar-refractivity contribution in [3.63, 3.8) is 0 Å². The van der Waals surface area contributed by atoms with E-state index in [9.17, 15) is 22.4 Å². The van der Waals surface area contributed by atoms with E-state index in [0.717, 1.165) is 0 Å². The minimum Gasteiger partial charge on any atom is -0.493 e. The molecule has 0 atom stereocenters. The second kappa shape index (κ2) is 7.51. The summed E-state index contributed by atoms with van der Waals surface area (Å²) < 4.78 is 67.4. The van der Waals surface area contributed by atoms with Crippen LogP contribution in [0.2, 0.25) is 0 Å². The van der Waals surface area contributed by atoms with Gasteiger partial charge in [0.2, 0.25) is 5.75 Å². The van der Waals surface area contributed by atoms with Crippen molar-refractivity contribution in [3.8, 4) is 17.2 Å². The molecule has 2 aromatic carbocycles. The van der Waals surface area contributed by atoms with Crippen molar-refractivity contribution < 1.29 is 36.6 Å². The van der Waals surface area contributed by atoms with E-state index >= 15 is 0 Å². The highest BCUT2D eigenvalue weighted by atomic mass is 19.4. The zero-order valence-corrected chi connectivity index (χ0v) is 14.0. The fraction of sp³-hybridized carbons (Fsp3) is 0.235. The smallest absolute Gasteiger partial charge is 0.416 e. The fourth-order valence-electron chi connectivity index (χ4n) is 2.20. The lowest BCUT2D eigenvalue weighted by molar-refractivity contribution is -0.137. The highest BCUT2D eigenvalue weighted by Crippen LogP contribution is 2.38. The summed E-state index contributed by atoms with van der Waals surface area (Å²) in [5, 5.41) is 2.11. The molecule has 0 fully saturated rings. The number of benzene rings is 2. The average molecular weight is 373 g/mol. The van der Waals surface area contributed by atoms with Crippen LogP contribution in [-0.2, 0) is 6.18 Å². The fourth-order valence-corrected chi connectivity index (χ4v) is 2.20. The third-order valence-corrected chi connectivity index (χ3v) is 3.47. The number of anilines is 1. The molecule has 5 nitrogen and oxygen atoms in total. The maximum atomic E-state index is 13.8. The van der Waals surface area contributed by atoms with Crippen LogP contribution in [0.15, 0.2) is 30.3 Å². The average Bonchev–Trinajstić information content (AvgIpc) is 2.61. The number of carbonyl (C=O) groups is 1. The van der Waals surface area contributed by atoms with Gasteiger partial charge in [0.25, 0.3) is 5.91 Å². The molecule has 26 heavy (non-hydrogen) atoms. The lowest BCUT2D eigenvalue weighted by atomic mass is 10.1. The van der Waals surface area contributed by atoms with Crippen LogP contribution >= 0.6 is 0 Å². The van der Waals surface area contributed by atoms with Crippen molar-refractivity contribution in [2.45, 2.75) is 6.18 Å². The van der Waals surface area contributed by atoms with Gasteiger partial charge in [-0.1, -0.05) is 0 Å². The normalized spacial score (nSPS) is 11.0. The number of halogens is 4. The van der Waals surface area contributed by atoms with Gasteiger partial charge in [-0.3, -0.25) is 4.79 Å². The quantitative estimate of drug-likeness (QED) is 0.801. The standard InChI is InChI=1S/C17H15F4NO4/c1-24-13-6-9(7-14(25-2)15(13)26-3)16(23)22-12-8-10(17(19,20)21)4-5-11(12)18/h4-8H,1-3H3,(H,22,23). The molecule has 0 saturated carbocycles. The minimum absolute atomic E-state index is 0.0173. The Morgan fingerprint density at radius 2 is 1.54 bits per heavy atom. The van der Waals surface area contributed by atoms with E-state index in [-0.39, 0.29) is 22.8 Å². The number of carbonyl (C=O) groups excluding carboxylic acids is 1. The Balaban J connectivity index is 2.39. The van der Waals surface area contributed by atoms with Gasteiger partial charge < -0.3 is 19.5 Å². The molecular weight excluding hydrogens is 358 g/mol. The molecule has 0 aliphatic rings. The Morgan fingerprint density at radius 1 is 0.962 bits per heavy atom. The minimum atomic E-state index is -4.67. The number of methoxy groups -OCH3 is 3. The maximum absolute atomic E-state index is 13.8. The van der Waals surface area contributed by atoms with Gasteiger partial charge in [0, 0.05) is 5.56 Å². The molecule has 0 unspecified atom stereocenters. The van der Waals surface area contributed by atoms with E-state index in [1.807, 2.05) is 0 Å². The Labute approximate surface area is 146 Å². The van der Waals surface area contributed by atoms with Gasteiger partial charge in [-0.25, -0.2) is 4.39 Å². The van der Waals surface area contributed by atoms with Crippen molar-refractivity contribution in [1.82, 2.24) is 0 Å². The van der Waals surface area contributed by atoms with Crippen LogP contribution < -0.4 is 19.5 Å². The van der Waals surface area contributed by atoms with E-state index < -0.39 is 29.2 Å². The number of amides is 1. The van der Waals surface area contributed by atoms with Gasteiger partial charge in [0.05, 0.1) is 32.6 Å². The van der Waals surface area contributed by atoms with Crippen LogP contribution in [0.5, 0.6) is 17.2 Å². The molecule has 0 aliphatic carbocycles. The SMILES string of the molecule is COc1cc(C(=O)Nc2cc(C(F)(F)F)ccc2F)cc(OC)c1OC. The molecular formula is C17H15F4NO4. The number of ether oxygens (including phenoxy) is 3. The summed E-state index contributed by atoms with van der Waals surface area (Å²) in [6.45, 7) is 0. The Kier molecular flexibility index (Phi) is 5.59. The predicted octanol–water partition coefficient (Wildman–Crippen LogP) is 4.12. The van der Waals surface area contributed by atoms with Gasteiger partial charge in [0.1, 0.15) is 5.82 Å². The molecule has 140 valence electrons. The number of hydrogen-bond acceptors (Lipinski definition) is 4. The van der Waals surface area contributed by atoms with E-state index in [1.165, 1.54) is 33.5 Å². The van der Waals surface area contributed by atoms with Gasteiger partial charge in [-0.15, -0.1) is 0 Å². The molecule has 0 heterocycles. The summed E-state index contributed by atoms with van der Waals surface area (Å²) in [5.41, 5.74) is -1.70. The second-order valence-corrected chi connectivity index (χ2v) is 5.06. The van der Waals surface area contributed by atoms with E-state index in [1.54, 1.807) is 0 Å². The summed E-state index contributed by atoms with van der Waals surface area (Å²) in [5.74, 6) is -1.28. The first kappa shape index (κ1) is 19.4. The molecule has 0 spiro atoms. The monoisotopic (exact) mass is 373 g/mol. The zero-order chi connectivity index (χ0) is 19.5. The number of hydrogen-bond donors (Lipinski definition) is 1. The first-order valence-corrected chi connectivity index (χ1v) is 7.19. The molecule has 1 N–H and O–H groups in total. The second-order valence-electron chi connectivity index (χ2n) is 5.06. The molecule has 0 radical (unpaired) electrons. The highest BCUT2D eigenvalue weighted by molar-refractivity contribution is 6.05. The molecule has 9 heteroatoms. The molecule has 2 aromatic rings. The number of nitrogens with one attached hydrogen (secondary N) is 1. The van der Waals surface area contributed by atoms with Gasteiger partial charge in [0.15, 0.2) is 11.5 Å². The van der Waals surface area contributed by atoms with E-state index in [4.69, 9.17) is 14.2 Å². The first-order chi connectivity index (χ1) is 12.2. The summed E-state index contributed by atoms with van der Waals surface area (Å²) in [7, 11) is 4.05. The van der Waals surface area contributed by atoms with Crippen LogP contribution in [0.4, 0.5) is 23.2 Å². The lowest BCUT2D eigenvalue weighted by Crippen LogP contribution is -2.15. The molecule has 0 aliphatic heterocycles. The maximum Gasteiger partial charge on any atom is 0.416 e. The third-order valence-electron chi connectivity index (χ3n) is 3.47. The van der Waals surface area contributed by atoms with Crippen molar-refractivity contribution in [1.29, 1.82) is 0 Å². The first-order valence-electron chi connectivity index (χ1n) is 7.19. The van der Waals surface area contributed by atoms with Crippen LogP contribution in [0, 0.1) is 5.82 Å². The van der Waals surface area contributed by atoms with E-state index in [0.29, 0.717) is 18.2 Å². The Hall–Kier alpha value is -2.97. The number of alkyl halides is 3. The largest absolute Gasteiger partial charge is 0.493 e. The van der Waals surface area contributed by atoms with Crippen molar-refractivity contribution in [3.05, 3.63) is 47.3 Å². The van der Waals surface area contributed by atoms with Crippen LogP contribution in [0.1, 0.15) is 15.9 Å². The van der Waals surface area contributed by atoms with Crippen LogP contribution in [0.25, 0.3) is 0 Å². The van der Waals surface area contributed by atoms with Crippen LogP contribution in [0.3, 0.4) is 0 Å². The van der Waals surface area contributed by atoms with Crippen molar-refractivity contribution in [2.24, 2.45) is 0 Å². The topological polar surface area (TPSA) is 56.8 Å². The van der Waals surface area contributed by atoms with E-state index in [2.05, 4.69) is 5.32 Å². The summed E-state index contributed by atoms with van der Waals surface area (Å²) in [6, 6.07) is 4.33. The van der Waals surface area contributed by atoms with Gasteiger partial charge in [-0.05, 0) is 30.3 Å². The Bertz CT molecular complexity index is 796. The van der Waals surface area contributed by atoms with Gasteiger partial charge in [-0.2, -0.15) is 13.2 Å². The predicted molar refractivity (Wildman–Crippen MR) is 85.5 cm³/mol. The molecule has 2 rings (SSSR count). The number of rotatable bonds is 5. The summed E-state index contributed by atoms with van der Waals surface area (Å²) in [4.78, 5) is 12.4. The third kappa shape index (κ3) is 3.98. The van der Waals surface area contributed by atoms with Crippen molar-refractivity contribution >= 4 is 11.6 Å². The summed E-state index contributed by atoms with van der Waals surface area (Å²) in [6.07, 6.45) is -4.67. The van der Waals surface area contributed by atoms with Gasteiger partial charge >= 0.3 is 6.18 Å². The summed E-state index contributed by atoms with van der Waals surface area (Å²) >= 11 is 0. The molecule has 0 aromatic heterocycles. The molecule has 0 bridgehead atoms.